The van der Waals surface area contributed by atoms with Gasteiger partial charge in [0.25, 0.3) is 0 Å². The minimum absolute atomic E-state index is 0.00470. The Morgan fingerprint density at radius 3 is 1.75 bits per heavy atom. The Morgan fingerprint density at radius 1 is 0.623 bits per heavy atom. The summed E-state index contributed by atoms with van der Waals surface area (Å²) in [5.41, 5.74) is 9.89. The molecule has 2 saturated heterocycles. The van der Waals surface area contributed by atoms with E-state index in [2.05, 4.69) is 82.9 Å². The summed E-state index contributed by atoms with van der Waals surface area (Å²) in [7, 11) is 0. The molecule has 1 aromatic carbocycles. The molecular weight excluding hydrogens is 761 g/mol. The number of hydrogen-bond acceptors (Lipinski definition) is 8. The predicted octanol–water partition coefficient (Wildman–Crippen LogP) is 9.14. The first-order chi connectivity index (χ1) is 29.9. The lowest BCUT2D eigenvalue weighted by atomic mass is 9.58. The molecular formula is C52H58N4O5. The second-order valence-electron chi connectivity index (χ2n) is 18.4. The molecule has 4 aromatic heterocycles. The van der Waals surface area contributed by atoms with Crippen molar-refractivity contribution in [1.82, 2.24) is 19.9 Å². The highest BCUT2D eigenvalue weighted by atomic mass is 16.7. The van der Waals surface area contributed by atoms with Gasteiger partial charge in [0.1, 0.15) is 0 Å². The largest absolute Gasteiger partial charge is 0.348 e. The van der Waals surface area contributed by atoms with Gasteiger partial charge < -0.3 is 23.9 Å². The fourth-order valence-electron chi connectivity index (χ4n) is 12.1. The summed E-state index contributed by atoms with van der Waals surface area (Å²) < 4.78 is 24.5. The van der Waals surface area contributed by atoms with Gasteiger partial charge in [-0.15, -0.1) is 0 Å². The van der Waals surface area contributed by atoms with Crippen molar-refractivity contribution >= 4 is 12.2 Å². The maximum Gasteiger partial charge on any atom is 0.248 e. The van der Waals surface area contributed by atoms with Gasteiger partial charge in [0.2, 0.25) is 5.56 Å². The molecule has 6 heterocycles. The second kappa shape index (κ2) is 17.2. The highest BCUT2D eigenvalue weighted by Crippen LogP contribution is 2.56. The molecule has 5 aromatic rings. The van der Waals surface area contributed by atoms with Crippen molar-refractivity contribution in [2.24, 2.45) is 11.8 Å². The van der Waals surface area contributed by atoms with Gasteiger partial charge in [0.05, 0.1) is 32.1 Å². The van der Waals surface area contributed by atoms with E-state index in [-0.39, 0.29) is 22.2 Å². The predicted molar refractivity (Wildman–Crippen MR) is 236 cm³/mol. The molecule has 4 atom stereocenters. The Hall–Kier alpha value is -4.80. The molecule has 9 heteroatoms. The number of benzene rings is 1. The maximum absolute atomic E-state index is 12.0. The third-order valence-corrected chi connectivity index (χ3v) is 15.0. The second-order valence-corrected chi connectivity index (χ2v) is 18.4. The molecule has 4 fully saturated rings. The summed E-state index contributed by atoms with van der Waals surface area (Å²) >= 11 is 0. The van der Waals surface area contributed by atoms with Crippen molar-refractivity contribution in [3.63, 3.8) is 0 Å². The molecule has 0 unspecified atom stereocenters. The minimum atomic E-state index is -0.398. The fraction of sp³-hybridized carbons (Fsp3) is 0.462. The van der Waals surface area contributed by atoms with Crippen molar-refractivity contribution in [3.8, 4) is 0 Å². The summed E-state index contributed by atoms with van der Waals surface area (Å²) in [4.78, 5) is 29.2. The van der Waals surface area contributed by atoms with Crippen LogP contribution < -0.4 is 5.56 Å². The summed E-state index contributed by atoms with van der Waals surface area (Å²) in [6, 6.07) is 27.0. The van der Waals surface area contributed by atoms with Gasteiger partial charge in [-0.2, -0.15) is 0 Å². The first kappa shape index (κ1) is 40.3. The van der Waals surface area contributed by atoms with E-state index in [1.807, 2.05) is 42.9 Å². The number of pyridine rings is 4. The van der Waals surface area contributed by atoms with Gasteiger partial charge in [0, 0.05) is 78.8 Å². The number of rotatable bonds is 6. The zero-order valence-electron chi connectivity index (χ0n) is 35.2. The van der Waals surface area contributed by atoms with Crippen LogP contribution in [0.2, 0.25) is 0 Å². The average Bonchev–Trinajstić information content (AvgIpc) is 3.89. The summed E-state index contributed by atoms with van der Waals surface area (Å²) in [6.07, 6.45) is 26.5. The molecule has 0 amide bonds. The number of aromatic amines is 1. The third-order valence-electron chi connectivity index (χ3n) is 15.0. The summed E-state index contributed by atoms with van der Waals surface area (Å²) in [6.45, 7) is 2.83. The van der Waals surface area contributed by atoms with Gasteiger partial charge in [-0.1, -0.05) is 48.5 Å². The zero-order valence-corrected chi connectivity index (χ0v) is 35.2. The Kier molecular flexibility index (Phi) is 11.3. The molecule has 4 aliphatic carbocycles. The van der Waals surface area contributed by atoms with Crippen LogP contribution in [-0.2, 0) is 55.5 Å². The molecule has 2 spiro atoms. The van der Waals surface area contributed by atoms with E-state index in [0.29, 0.717) is 25.0 Å². The number of aromatic nitrogens is 4. The number of hydrogen-bond donors (Lipinski definition) is 1. The number of H-pyrrole nitrogens is 1. The Labute approximate surface area is 359 Å². The highest BCUT2D eigenvalue weighted by molar-refractivity contribution is 5.68. The van der Waals surface area contributed by atoms with E-state index >= 15 is 0 Å². The normalized spacial score (nSPS) is 27.2. The van der Waals surface area contributed by atoms with Crippen molar-refractivity contribution in [2.45, 2.75) is 112 Å². The van der Waals surface area contributed by atoms with Gasteiger partial charge in [-0.25, -0.2) is 0 Å². The molecule has 6 aliphatic rings. The standard InChI is InChI=1S/C30H32N2O2.C22H26N2O3/c1-2-7-23(8-3-1)12-13-26-19-24-9-6-10-25-20-30(33-17-18-34-30)15-14-29(25,28(24)22-32-26)21-27-11-4-5-16-31-27;25-20-12-16-4-3-5-17-13-22(26-10-11-27-22)8-7-21(17,19(16)15-24-20)14-18-6-1-2-9-23-18/h1-5,7-8,11-13,16,19,22,25H,6,9-10,14-15,17-18,20-21H2;1-2,6,9,12,15,17H,3-5,7-8,10-11,13-14H2,(H,24,25)/b13-12+;/t25-,29+;17-,21+/m11/s1. The first-order valence-corrected chi connectivity index (χ1v) is 22.7. The molecule has 0 bridgehead atoms. The molecule has 2 saturated carbocycles. The lowest BCUT2D eigenvalue weighted by molar-refractivity contribution is -0.199. The SMILES string of the molecule is C(=C\c1cc2c(cn1)[C@]1(Cc3ccccn3)CCC3(C[C@H]1CCC2)OCCO3)/c1ccccc1.O=c1cc2c(c[nH]1)[C@]1(Cc3ccccn3)CCC3(C[C@H]1CCC2)OCCO3. The lowest BCUT2D eigenvalue weighted by Crippen LogP contribution is -2.49. The first-order valence-electron chi connectivity index (χ1n) is 22.7. The molecule has 61 heavy (non-hydrogen) atoms. The van der Waals surface area contributed by atoms with Gasteiger partial charge in [0.15, 0.2) is 11.6 Å². The third kappa shape index (κ3) is 8.18. The minimum Gasteiger partial charge on any atom is -0.348 e. The van der Waals surface area contributed by atoms with Crippen molar-refractivity contribution in [1.29, 1.82) is 0 Å². The van der Waals surface area contributed by atoms with Crippen LogP contribution in [0.4, 0.5) is 0 Å². The van der Waals surface area contributed by atoms with Crippen LogP contribution in [-0.4, -0.2) is 57.9 Å². The van der Waals surface area contributed by atoms with Crippen molar-refractivity contribution in [2.75, 3.05) is 26.4 Å². The lowest BCUT2D eigenvalue weighted by Gasteiger charge is -2.49. The van der Waals surface area contributed by atoms with Gasteiger partial charge >= 0.3 is 0 Å². The van der Waals surface area contributed by atoms with E-state index in [1.54, 1.807) is 0 Å². The number of nitrogens with one attached hydrogen (secondary N) is 1. The Morgan fingerprint density at radius 2 is 1.18 bits per heavy atom. The Balaban J connectivity index is 0.000000150. The van der Waals surface area contributed by atoms with Crippen LogP contribution in [0, 0.1) is 11.8 Å². The topological polar surface area (TPSA) is 108 Å². The maximum atomic E-state index is 12.0. The average molecular weight is 819 g/mol. The van der Waals surface area contributed by atoms with E-state index in [9.17, 15) is 4.79 Å². The molecule has 2 aliphatic heterocycles. The van der Waals surface area contributed by atoms with Crippen LogP contribution in [0.25, 0.3) is 12.2 Å². The molecule has 0 radical (unpaired) electrons. The quantitative estimate of drug-likeness (QED) is 0.181. The van der Waals surface area contributed by atoms with Gasteiger partial charge in [-0.05, 0) is 140 Å². The van der Waals surface area contributed by atoms with E-state index < -0.39 is 5.79 Å². The van der Waals surface area contributed by atoms with Crippen LogP contribution in [0.5, 0.6) is 0 Å². The van der Waals surface area contributed by atoms with Crippen LogP contribution in [0.3, 0.4) is 0 Å². The highest BCUT2D eigenvalue weighted by Gasteiger charge is 2.55. The molecule has 9 nitrogen and oxygen atoms in total. The smallest absolute Gasteiger partial charge is 0.248 e. The Bertz CT molecular complexity index is 2360. The van der Waals surface area contributed by atoms with Crippen LogP contribution in [0.15, 0.2) is 108 Å². The number of aryl methyl sites for hydroxylation is 2. The van der Waals surface area contributed by atoms with E-state index in [4.69, 9.17) is 28.9 Å². The van der Waals surface area contributed by atoms with Crippen molar-refractivity contribution < 1.29 is 18.9 Å². The number of fused-ring (bicyclic) bond motifs is 6. The summed E-state index contributed by atoms with van der Waals surface area (Å²) in [5, 5.41) is 0. The zero-order chi connectivity index (χ0) is 41.2. The van der Waals surface area contributed by atoms with Crippen molar-refractivity contribution in [3.05, 3.63) is 159 Å². The van der Waals surface area contributed by atoms with E-state index in [1.165, 1.54) is 40.7 Å². The summed E-state index contributed by atoms with van der Waals surface area (Å²) in [5.74, 6) is 0.174. The fourth-order valence-corrected chi connectivity index (χ4v) is 12.1. The molecule has 1 N–H and O–H groups in total. The molecule has 316 valence electrons. The van der Waals surface area contributed by atoms with Crippen LogP contribution >= 0.6 is 0 Å². The number of ether oxygens (including phenoxy) is 4. The monoisotopic (exact) mass is 818 g/mol. The number of nitrogens with zero attached hydrogens (tertiary/aromatic N) is 3. The molecule has 11 rings (SSSR count). The van der Waals surface area contributed by atoms with Gasteiger partial charge in [-0.3, -0.25) is 19.7 Å². The van der Waals surface area contributed by atoms with Crippen LogP contribution in [0.1, 0.15) is 109 Å². The van der Waals surface area contributed by atoms with E-state index in [0.717, 1.165) is 107 Å².